The van der Waals surface area contributed by atoms with Crippen LogP contribution in [0, 0.1) is 5.92 Å². The van der Waals surface area contributed by atoms with Crippen molar-refractivity contribution in [3.8, 4) is 0 Å². The largest absolute Gasteiger partial charge is 0.341 e. The zero-order valence-electron chi connectivity index (χ0n) is 12.4. The number of hydrogen-bond donors (Lipinski definition) is 4. The Bertz CT molecular complexity index is 501. The summed E-state index contributed by atoms with van der Waals surface area (Å²) in [6, 6.07) is 6.65. The summed E-state index contributed by atoms with van der Waals surface area (Å²) in [6.45, 7) is 3.05. The van der Waals surface area contributed by atoms with Gasteiger partial charge in [-0.2, -0.15) is 0 Å². The van der Waals surface area contributed by atoms with Gasteiger partial charge >= 0.3 is 6.03 Å². The third-order valence-corrected chi connectivity index (χ3v) is 3.62. The topological polar surface area (TPSA) is 82.3 Å². The molecule has 21 heavy (non-hydrogen) atoms. The average Bonchev–Trinajstić information content (AvgIpc) is 2.49. The van der Waals surface area contributed by atoms with Crippen LogP contribution in [0.25, 0.3) is 0 Å². The summed E-state index contributed by atoms with van der Waals surface area (Å²) in [4.78, 5) is 23.3. The second kappa shape index (κ2) is 7.08. The lowest BCUT2D eigenvalue weighted by Crippen LogP contribution is -2.45. The van der Waals surface area contributed by atoms with Crippen LogP contribution in [-0.4, -0.2) is 31.6 Å². The fourth-order valence-corrected chi connectivity index (χ4v) is 2.37. The van der Waals surface area contributed by atoms with Gasteiger partial charge in [0.2, 0.25) is 5.91 Å². The maximum absolute atomic E-state index is 12.2. The predicted octanol–water partition coefficient (Wildman–Crippen LogP) is 1.76. The normalized spacial score (nSPS) is 21.4. The molecular weight excluding hydrogens is 268 g/mol. The molecule has 4 N–H and O–H groups in total. The van der Waals surface area contributed by atoms with E-state index in [0.717, 1.165) is 25.1 Å². The van der Waals surface area contributed by atoms with E-state index in [1.807, 2.05) is 0 Å². The second-order valence-corrected chi connectivity index (χ2v) is 5.41. The van der Waals surface area contributed by atoms with Crippen LogP contribution in [0.3, 0.4) is 0 Å². The molecule has 0 spiro atoms. The van der Waals surface area contributed by atoms with Crippen LogP contribution >= 0.6 is 0 Å². The van der Waals surface area contributed by atoms with Crippen LogP contribution in [0.4, 0.5) is 16.2 Å². The quantitative estimate of drug-likeness (QED) is 0.684. The van der Waals surface area contributed by atoms with E-state index in [4.69, 9.17) is 0 Å². The predicted molar refractivity (Wildman–Crippen MR) is 83.3 cm³/mol. The van der Waals surface area contributed by atoms with Gasteiger partial charge < -0.3 is 21.3 Å². The number of rotatable bonds is 3. The van der Waals surface area contributed by atoms with Crippen molar-refractivity contribution in [3.63, 3.8) is 0 Å². The Morgan fingerprint density at radius 1 is 1.14 bits per heavy atom. The van der Waals surface area contributed by atoms with E-state index in [0.29, 0.717) is 11.6 Å². The van der Waals surface area contributed by atoms with E-state index in [2.05, 4.69) is 28.2 Å². The van der Waals surface area contributed by atoms with Crippen molar-refractivity contribution in [1.82, 2.24) is 10.6 Å². The lowest BCUT2D eigenvalue weighted by molar-refractivity contribution is -0.119. The van der Waals surface area contributed by atoms with Gasteiger partial charge in [-0.3, -0.25) is 4.79 Å². The Labute approximate surface area is 124 Å². The minimum atomic E-state index is -0.271. The lowest BCUT2D eigenvalue weighted by Gasteiger charge is -2.27. The van der Waals surface area contributed by atoms with Gasteiger partial charge in [0, 0.05) is 18.4 Å². The number of hydrogen-bond acceptors (Lipinski definition) is 3. The first-order valence-corrected chi connectivity index (χ1v) is 7.21. The molecular formula is C15H22N4O2. The van der Waals surface area contributed by atoms with Crippen molar-refractivity contribution in [2.75, 3.05) is 24.2 Å². The summed E-state index contributed by atoms with van der Waals surface area (Å²) in [7, 11) is 1.56. The van der Waals surface area contributed by atoms with Crippen molar-refractivity contribution >= 4 is 23.3 Å². The molecule has 2 unspecified atom stereocenters. The summed E-state index contributed by atoms with van der Waals surface area (Å²) >= 11 is 0. The van der Waals surface area contributed by atoms with Gasteiger partial charge in [-0.25, -0.2) is 4.79 Å². The average molecular weight is 290 g/mol. The molecule has 0 aliphatic carbocycles. The van der Waals surface area contributed by atoms with Crippen molar-refractivity contribution in [3.05, 3.63) is 24.3 Å². The van der Waals surface area contributed by atoms with Crippen molar-refractivity contribution in [1.29, 1.82) is 0 Å². The molecule has 3 amide bonds. The summed E-state index contributed by atoms with van der Waals surface area (Å²) in [5.74, 6) is 0.565. The second-order valence-electron chi connectivity index (χ2n) is 5.41. The highest BCUT2D eigenvalue weighted by molar-refractivity contribution is 5.95. The molecule has 6 heteroatoms. The first-order valence-electron chi connectivity index (χ1n) is 7.21. The highest BCUT2D eigenvalue weighted by atomic mass is 16.2. The third-order valence-electron chi connectivity index (χ3n) is 3.62. The third kappa shape index (κ3) is 4.46. The number of anilines is 2. The van der Waals surface area contributed by atoms with Gasteiger partial charge in [0.25, 0.3) is 0 Å². The molecule has 1 saturated heterocycles. The lowest BCUT2D eigenvalue weighted by atomic mass is 9.94. The number of urea groups is 1. The van der Waals surface area contributed by atoms with E-state index < -0.39 is 0 Å². The first-order chi connectivity index (χ1) is 10.1. The molecule has 1 aliphatic heterocycles. The number of benzene rings is 1. The SMILES string of the molecule is CNC(=O)Nc1ccc(NC(=O)C2CC(C)CCN2)cc1. The molecule has 114 valence electrons. The number of nitrogens with one attached hydrogen (secondary N) is 4. The zero-order chi connectivity index (χ0) is 15.2. The van der Waals surface area contributed by atoms with Crippen LogP contribution in [0.2, 0.25) is 0 Å². The Balaban J connectivity index is 1.90. The van der Waals surface area contributed by atoms with Crippen LogP contribution in [0.15, 0.2) is 24.3 Å². The molecule has 0 saturated carbocycles. The van der Waals surface area contributed by atoms with Crippen molar-refractivity contribution < 1.29 is 9.59 Å². The van der Waals surface area contributed by atoms with E-state index in [1.54, 1.807) is 31.3 Å². The van der Waals surface area contributed by atoms with Crippen LogP contribution < -0.4 is 21.3 Å². The maximum Gasteiger partial charge on any atom is 0.318 e. The van der Waals surface area contributed by atoms with Gasteiger partial charge in [-0.05, 0) is 49.6 Å². The summed E-state index contributed by atoms with van der Waals surface area (Å²) in [5.41, 5.74) is 1.40. The smallest absolute Gasteiger partial charge is 0.318 e. The van der Waals surface area contributed by atoms with E-state index >= 15 is 0 Å². The first kappa shape index (κ1) is 15.3. The molecule has 1 aromatic carbocycles. The molecule has 1 heterocycles. The van der Waals surface area contributed by atoms with Gasteiger partial charge in [-0.15, -0.1) is 0 Å². The van der Waals surface area contributed by atoms with Crippen LogP contribution in [-0.2, 0) is 4.79 Å². The number of piperidine rings is 1. The van der Waals surface area contributed by atoms with Crippen molar-refractivity contribution in [2.45, 2.75) is 25.8 Å². The molecule has 1 aromatic rings. The number of amides is 3. The molecule has 1 aliphatic rings. The minimum absolute atomic E-state index is 0.00596. The summed E-state index contributed by atoms with van der Waals surface area (Å²) < 4.78 is 0. The zero-order valence-corrected chi connectivity index (χ0v) is 12.4. The minimum Gasteiger partial charge on any atom is -0.341 e. The Hall–Kier alpha value is -2.08. The fraction of sp³-hybridized carbons (Fsp3) is 0.467. The molecule has 2 rings (SSSR count). The maximum atomic E-state index is 12.2. The van der Waals surface area contributed by atoms with E-state index in [9.17, 15) is 9.59 Å². The van der Waals surface area contributed by atoms with Gasteiger partial charge in [0.05, 0.1) is 6.04 Å². The highest BCUT2D eigenvalue weighted by Crippen LogP contribution is 2.18. The van der Waals surface area contributed by atoms with E-state index in [1.165, 1.54) is 0 Å². The van der Waals surface area contributed by atoms with Gasteiger partial charge in [0.15, 0.2) is 0 Å². The Morgan fingerprint density at radius 2 is 1.76 bits per heavy atom. The molecule has 0 aromatic heterocycles. The molecule has 0 bridgehead atoms. The summed E-state index contributed by atoms with van der Waals surface area (Å²) in [6.07, 6.45) is 1.98. The van der Waals surface area contributed by atoms with Gasteiger partial charge in [-0.1, -0.05) is 6.92 Å². The van der Waals surface area contributed by atoms with Crippen LogP contribution in [0.5, 0.6) is 0 Å². The monoisotopic (exact) mass is 290 g/mol. The van der Waals surface area contributed by atoms with E-state index in [-0.39, 0.29) is 18.0 Å². The molecule has 2 atom stereocenters. The number of carbonyl (C=O) groups is 2. The molecule has 6 nitrogen and oxygen atoms in total. The molecule has 1 fully saturated rings. The molecule has 0 radical (unpaired) electrons. The highest BCUT2D eigenvalue weighted by Gasteiger charge is 2.24. The van der Waals surface area contributed by atoms with Gasteiger partial charge in [0.1, 0.15) is 0 Å². The number of carbonyl (C=O) groups excluding carboxylic acids is 2. The Morgan fingerprint density at radius 3 is 2.33 bits per heavy atom. The Kier molecular flexibility index (Phi) is 5.16. The van der Waals surface area contributed by atoms with Crippen LogP contribution in [0.1, 0.15) is 19.8 Å². The van der Waals surface area contributed by atoms with Crippen molar-refractivity contribution in [2.24, 2.45) is 5.92 Å². The standard InChI is InChI=1S/C15H22N4O2/c1-10-7-8-17-13(9-10)14(20)18-11-3-5-12(6-4-11)19-15(21)16-2/h3-6,10,13,17H,7-9H2,1-2H3,(H,18,20)(H2,16,19,21). The fourth-order valence-electron chi connectivity index (χ4n) is 2.37. The summed E-state index contributed by atoms with van der Waals surface area (Å²) in [5, 5.41) is 11.3.